The number of hydrogen-bond acceptors (Lipinski definition) is 6. The Morgan fingerprint density at radius 1 is 0.882 bits per heavy atom. The van der Waals surface area contributed by atoms with Gasteiger partial charge in [0, 0.05) is 17.0 Å². The molecule has 0 saturated carbocycles. The van der Waals surface area contributed by atoms with E-state index in [4.69, 9.17) is 19.2 Å². The number of amides is 1. The molecule has 1 N–H and O–H groups in total. The van der Waals surface area contributed by atoms with E-state index in [1.54, 1.807) is 57.5 Å². The SMILES string of the molecule is CCOC(=O)c1ccccc1NC(=O)c1cc(-c2ccc(OC)cc2OC)nc2ccccc12. The fraction of sp³-hybridized carbons (Fsp3) is 0.148. The van der Waals surface area contributed by atoms with Crippen LogP contribution in [0.15, 0.2) is 72.8 Å². The van der Waals surface area contributed by atoms with Crippen molar-refractivity contribution in [1.29, 1.82) is 0 Å². The summed E-state index contributed by atoms with van der Waals surface area (Å²) in [6, 6.07) is 21.3. The fourth-order valence-electron chi connectivity index (χ4n) is 3.68. The van der Waals surface area contributed by atoms with Crippen LogP contribution in [0, 0.1) is 0 Å². The third-order valence-corrected chi connectivity index (χ3v) is 5.32. The molecule has 0 aliphatic heterocycles. The summed E-state index contributed by atoms with van der Waals surface area (Å²) in [5.74, 6) is 0.349. The normalized spacial score (nSPS) is 10.6. The summed E-state index contributed by atoms with van der Waals surface area (Å²) in [4.78, 5) is 30.6. The summed E-state index contributed by atoms with van der Waals surface area (Å²) >= 11 is 0. The molecule has 3 aromatic carbocycles. The van der Waals surface area contributed by atoms with Gasteiger partial charge in [0.15, 0.2) is 0 Å². The largest absolute Gasteiger partial charge is 0.497 e. The maximum atomic E-state index is 13.5. The number of esters is 1. The fourth-order valence-corrected chi connectivity index (χ4v) is 3.68. The number of nitrogens with one attached hydrogen (secondary N) is 1. The van der Waals surface area contributed by atoms with E-state index >= 15 is 0 Å². The summed E-state index contributed by atoms with van der Waals surface area (Å²) in [7, 11) is 3.15. The number of rotatable bonds is 7. The second kappa shape index (κ2) is 10.0. The molecular weight excluding hydrogens is 432 g/mol. The van der Waals surface area contributed by atoms with Crippen LogP contribution in [0.3, 0.4) is 0 Å². The first-order chi connectivity index (χ1) is 16.5. The lowest BCUT2D eigenvalue weighted by Crippen LogP contribution is -2.16. The zero-order valence-corrected chi connectivity index (χ0v) is 19.1. The van der Waals surface area contributed by atoms with Gasteiger partial charge in [0.25, 0.3) is 5.91 Å². The molecule has 0 spiro atoms. The number of carbonyl (C=O) groups is 2. The van der Waals surface area contributed by atoms with Gasteiger partial charge in [-0.3, -0.25) is 4.79 Å². The molecule has 0 aliphatic rings. The second-order valence-corrected chi connectivity index (χ2v) is 7.36. The molecule has 0 bridgehead atoms. The Hall–Kier alpha value is -4.39. The van der Waals surface area contributed by atoms with Gasteiger partial charge in [0.05, 0.1) is 48.9 Å². The number of hydrogen-bond donors (Lipinski definition) is 1. The first-order valence-electron chi connectivity index (χ1n) is 10.8. The third-order valence-electron chi connectivity index (χ3n) is 5.32. The van der Waals surface area contributed by atoms with Gasteiger partial charge in [-0.1, -0.05) is 30.3 Å². The molecular formula is C27H24N2O5. The molecule has 7 heteroatoms. The lowest BCUT2D eigenvalue weighted by atomic mass is 10.0. The maximum absolute atomic E-state index is 13.5. The Morgan fingerprint density at radius 2 is 1.65 bits per heavy atom. The molecule has 4 aromatic rings. The number of benzene rings is 3. The number of para-hydroxylation sites is 2. The van der Waals surface area contributed by atoms with Crippen LogP contribution in [0.2, 0.25) is 0 Å². The average molecular weight is 456 g/mol. The zero-order chi connectivity index (χ0) is 24.1. The van der Waals surface area contributed by atoms with Crippen LogP contribution in [-0.4, -0.2) is 37.7 Å². The van der Waals surface area contributed by atoms with Crippen LogP contribution in [-0.2, 0) is 4.74 Å². The van der Waals surface area contributed by atoms with E-state index in [0.717, 1.165) is 5.56 Å². The zero-order valence-electron chi connectivity index (χ0n) is 19.1. The Balaban J connectivity index is 1.80. The van der Waals surface area contributed by atoms with Crippen molar-refractivity contribution in [3.05, 3.63) is 83.9 Å². The van der Waals surface area contributed by atoms with Crippen molar-refractivity contribution in [2.75, 3.05) is 26.1 Å². The number of anilines is 1. The van der Waals surface area contributed by atoms with E-state index in [-0.39, 0.29) is 18.1 Å². The monoisotopic (exact) mass is 456 g/mol. The lowest BCUT2D eigenvalue weighted by molar-refractivity contribution is 0.0527. The Morgan fingerprint density at radius 3 is 2.41 bits per heavy atom. The Bertz CT molecular complexity index is 1370. The van der Waals surface area contributed by atoms with E-state index in [9.17, 15) is 9.59 Å². The van der Waals surface area contributed by atoms with E-state index in [1.807, 2.05) is 36.4 Å². The predicted octanol–water partition coefficient (Wildman–Crippen LogP) is 5.35. The highest BCUT2D eigenvalue weighted by atomic mass is 16.5. The standard InChI is InChI=1S/C27H24N2O5/c1-4-34-27(31)20-10-6-8-12-23(20)29-26(30)21-16-24(28-22-11-7-5-9-18(21)22)19-14-13-17(32-2)15-25(19)33-3/h5-16H,4H2,1-3H3,(H,29,30). The van der Waals surface area contributed by atoms with Crippen molar-refractivity contribution in [3.8, 4) is 22.8 Å². The van der Waals surface area contributed by atoms with E-state index < -0.39 is 5.97 Å². The topological polar surface area (TPSA) is 86.8 Å². The van der Waals surface area contributed by atoms with Crippen molar-refractivity contribution in [3.63, 3.8) is 0 Å². The summed E-state index contributed by atoms with van der Waals surface area (Å²) in [6.07, 6.45) is 0. The molecule has 1 heterocycles. The molecule has 0 radical (unpaired) electrons. The van der Waals surface area contributed by atoms with Gasteiger partial charge in [-0.2, -0.15) is 0 Å². The van der Waals surface area contributed by atoms with Gasteiger partial charge >= 0.3 is 5.97 Å². The van der Waals surface area contributed by atoms with Crippen molar-refractivity contribution >= 4 is 28.5 Å². The molecule has 0 saturated heterocycles. The summed E-state index contributed by atoms with van der Waals surface area (Å²) in [6.45, 7) is 1.97. The van der Waals surface area contributed by atoms with Crippen LogP contribution >= 0.6 is 0 Å². The number of carbonyl (C=O) groups excluding carboxylic acids is 2. The molecule has 0 aliphatic carbocycles. The van der Waals surface area contributed by atoms with Crippen LogP contribution in [0.1, 0.15) is 27.6 Å². The number of ether oxygens (including phenoxy) is 3. The van der Waals surface area contributed by atoms with Crippen molar-refractivity contribution in [2.24, 2.45) is 0 Å². The molecule has 172 valence electrons. The molecule has 4 rings (SSSR count). The molecule has 1 aromatic heterocycles. The molecule has 0 unspecified atom stereocenters. The minimum atomic E-state index is -0.498. The summed E-state index contributed by atoms with van der Waals surface area (Å²) in [5, 5.41) is 3.55. The molecule has 34 heavy (non-hydrogen) atoms. The van der Waals surface area contributed by atoms with E-state index in [0.29, 0.717) is 39.3 Å². The van der Waals surface area contributed by atoms with Gasteiger partial charge < -0.3 is 19.5 Å². The summed E-state index contributed by atoms with van der Waals surface area (Å²) in [5.41, 5.74) is 3.01. The van der Waals surface area contributed by atoms with E-state index in [1.165, 1.54) is 0 Å². The van der Waals surface area contributed by atoms with Gasteiger partial charge in [-0.05, 0) is 43.3 Å². The van der Waals surface area contributed by atoms with Crippen molar-refractivity contribution in [2.45, 2.75) is 6.92 Å². The molecule has 7 nitrogen and oxygen atoms in total. The van der Waals surface area contributed by atoms with Gasteiger partial charge in [0.1, 0.15) is 11.5 Å². The van der Waals surface area contributed by atoms with Crippen LogP contribution in [0.5, 0.6) is 11.5 Å². The first-order valence-corrected chi connectivity index (χ1v) is 10.8. The number of aromatic nitrogens is 1. The van der Waals surface area contributed by atoms with Gasteiger partial charge in [-0.15, -0.1) is 0 Å². The van der Waals surface area contributed by atoms with Crippen LogP contribution < -0.4 is 14.8 Å². The van der Waals surface area contributed by atoms with Crippen LogP contribution in [0.25, 0.3) is 22.2 Å². The average Bonchev–Trinajstić information content (AvgIpc) is 2.88. The van der Waals surface area contributed by atoms with Crippen molar-refractivity contribution < 1.29 is 23.8 Å². The quantitative estimate of drug-likeness (QED) is 0.377. The summed E-state index contributed by atoms with van der Waals surface area (Å²) < 4.78 is 16.0. The Kier molecular flexibility index (Phi) is 6.73. The molecule has 1 amide bonds. The van der Waals surface area contributed by atoms with E-state index in [2.05, 4.69) is 5.32 Å². The molecule has 0 fully saturated rings. The highest BCUT2D eigenvalue weighted by Gasteiger charge is 2.19. The number of methoxy groups -OCH3 is 2. The highest BCUT2D eigenvalue weighted by molar-refractivity contribution is 6.14. The minimum absolute atomic E-state index is 0.239. The molecule has 0 atom stereocenters. The van der Waals surface area contributed by atoms with Gasteiger partial charge in [-0.25, -0.2) is 9.78 Å². The highest BCUT2D eigenvalue weighted by Crippen LogP contribution is 2.34. The third kappa shape index (κ3) is 4.54. The van der Waals surface area contributed by atoms with Gasteiger partial charge in [0.2, 0.25) is 0 Å². The maximum Gasteiger partial charge on any atom is 0.340 e. The minimum Gasteiger partial charge on any atom is -0.497 e. The smallest absolute Gasteiger partial charge is 0.340 e. The predicted molar refractivity (Wildman–Crippen MR) is 131 cm³/mol. The van der Waals surface area contributed by atoms with Crippen molar-refractivity contribution in [1.82, 2.24) is 4.98 Å². The number of pyridine rings is 1. The number of fused-ring (bicyclic) bond motifs is 1. The lowest BCUT2D eigenvalue weighted by Gasteiger charge is -2.14. The van der Waals surface area contributed by atoms with Crippen LogP contribution in [0.4, 0.5) is 5.69 Å². The second-order valence-electron chi connectivity index (χ2n) is 7.36. The Labute approximate surface area is 197 Å². The first kappa shape index (κ1) is 22.8. The number of nitrogens with zero attached hydrogens (tertiary/aromatic N) is 1.